The molecule has 0 heterocycles. The lowest BCUT2D eigenvalue weighted by atomic mass is 10.1. The standard InChI is InChI=1S/C10H19ClN2O/c1-10(2)7-8(10)3-5-12-9(14)13-6-4-11/h8H,3-7H2,1-2H3,(H2,12,13,14). The van der Waals surface area contributed by atoms with E-state index >= 15 is 0 Å². The molecule has 82 valence electrons. The monoisotopic (exact) mass is 218 g/mol. The van der Waals surface area contributed by atoms with Crippen LogP contribution in [-0.4, -0.2) is 25.0 Å². The average Bonchev–Trinajstić information content (AvgIpc) is 2.71. The smallest absolute Gasteiger partial charge is 0.314 e. The van der Waals surface area contributed by atoms with Crippen molar-refractivity contribution in [2.45, 2.75) is 26.7 Å². The quantitative estimate of drug-likeness (QED) is 0.681. The number of alkyl halides is 1. The molecule has 0 aliphatic heterocycles. The Morgan fingerprint density at radius 2 is 2.00 bits per heavy atom. The van der Waals surface area contributed by atoms with Gasteiger partial charge in [-0.15, -0.1) is 11.6 Å². The number of halogens is 1. The van der Waals surface area contributed by atoms with Gasteiger partial charge in [0.25, 0.3) is 0 Å². The van der Waals surface area contributed by atoms with Crippen molar-refractivity contribution < 1.29 is 4.79 Å². The number of hydrogen-bond donors (Lipinski definition) is 2. The summed E-state index contributed by atoms with van der Waals surface area (Å²) < 4.78 is 0. The molecule has 0 aromatic rings. The highest BCUT2D eigenvalue weighted by molar-refractivity contribution is 6.18. The molecule has 2 N–H and O–H groups in total. The van der Waals surface area contributed by atoms with Crippen LogP contribution < -0.4 is 10.6 Å². The fourth-order valence-electron chi connectivity index (χ4n) is 1.65. The minimum absolute atomic E-state index is 0.107. The molecule has 14 heavy (non-hydrogen) atoms. The Morgan fingerprint density at radius 3 is 2.50 bits per heavy atom. The number of carbonyl (C=O) groups excluding carboxylic acids is 1. The molecule has 0 saturated heterocycles. The molecule has 3 nitrogen and oxygen atoms in total. The zero-order valence-corrected chi connectivity index (χ0v) is 9.66. The maximum absolute atomic E-state index is 11.1. The van der Waals surface area contributed by atoms with Crippen LogP contribution in [0.25, 0.3) is 0 Å². The zero-order chi connectivity index (χ0) is 10.6. The largest absolute Gasteiger partial charge is 0.338 e. The van der Waals surface area contributed by atoms with Crippen molar-refractivity contribution in [3.05, 3.63) is 0 Å². The molecule has 4 heteroatoms. The van der Waals surface area contributed by atoms with Gasteiger partial charge in [-0.25, -0.2) is 4.79 Å². The highest BCUT2D eigenvalue weighted by Crippen LogP contribution is 2.53. The molecular formula is C10H19ClN2O. The summed E-state index contributed by atoms with van der Waals surface area (Å²) in [7, 11) is 0. The summed E-state index contributed by atoms with van der Waals surface area (Å²) in [5.41, 5.74) is 0.508. The van der Waals surface area contributed by atoms with Crippen LogP contribution in [0.3, 0.4) is 0 Å². The summed E-state index contributed by atoms with van der Waals surface area (Å²) in [5, 5.41) is 5.48. The highest BCUT2D eigenvalue weighted by atomic mass is 35.5. The summed E-state index contributed by atoms with van der Waals surface area (Å²) in [6, 6.07) is -0.107. The van der Waals surface area contributed by atoms with Gasteiger partial charge in [0.2, 0.25) is 0 Å². The van der Waals surface area contributed by atoms with Crippen molar-refractivity contribution in [1.29, 1.82) is 0 Å². The molecule has 0 aromatic carbocycles. The minimum Gasteiger partial charge on any atom is -0.338 e. The Labute approximate surface area is 90.6 Å². The second kappa shape index (κ2) is 4.87. The van der Waals surface area contributed by atoms with Gasteiger partial charge in [0.15, 0.2) is 0 Å². The molecule has 0 spiro atoms. The Morgan fingerprint density at radius 1 is 1.43 bits per heavy atom. The molecule has 1 unspecified atom stereocenters. The maximum Gasteiger partial charge on any atom is 0.314 e. The fourth-order valence-corrected chi connectivity index (χ4v) is 1.75. The summed E-state index contributed by atoms with van der Waals surface area (Å²) in [5.74, 6) is 1.25. The van der Waals surface area contributed by atoms with Crippen LogP contribution in [0.5, 0.6) is 0 Å². The first-order valence-corrected chi connectivity index (χ1v) is 5.67. The van der Waals surface area contributed by atoms with Crippen LogP contribution in [0.2, 0.25) is 0 Å². The topological polar surface area (TPSA) is 41.1 Å². The third-order valence-corrected chi connectivity index (χ3v) is 3.06. The van der Waals surface area contributed by atoms with E-state index in [0.29, 0.717) is 17.8 Å². The van der Waals surface area contributed by atoms with Crippen molar-refractivity contribution in [2.24, 2.45) is 11.3 Å². The van der Waals surface area contributed by atoms with Crippen LogP contribution >= 0.6 is 11.6 Å². The number of hydrogen-bond acceptors (Lipinski definition) is 1. The van der Waals surface area contributed by atoms with E-state index in [1.54, 1.807) is 0 Å². The van der Waals surface area contributed by atoms with E-state index in [-0.39, 0.29) is 6.03 Å². The predicted molar refractivity (Wildman–Crippen MR) is 58.6 cm³/mol. The first-order chi connectivity index (χ1) is 6.56. The van der Waals surface area contributed by atoms with Gasteiger partial charge in [-0.2, -0.15) is 0 Å². The zero-order valence-electron chi connectivity index (χ0n) is 8.90. The highest BCUT2D eigenvalue weighted by Gasteiger charge is 2.44. The van der Waals surface area contributed by atoms with Crippen LogP contribution in [0.1, 0.15) is 26.7 Å². The Kier molecular flexibility index (Phi) is 4.05. The molecule has 0 aromatic heterocycles. The first kappa shape index (κ1) is 11.6. The van der Waals surface area contributed by atoms with E-state index in [0.717, 1.165) is 18.9 Å². The van der Waals surface area contributed by atoms with Gasteiger partial charge in [0.1, 0.15) is 0 Å². The molecule has 1 rings (SSSR count). The lowest BCUT2D eigenvalue weighted by Crippen LogP contribution is -2.37. The number of amides is 2. The SMILES string of the molecule is CC1(C)CC1CCNC(=O)NCCCl. The van der Waals surface area contributed by atoms with Crippen molar-refractivity contribution in [3.8, 4) is 0 Å². The van der Waals surface area contributed by atoms with E-state index in [2.05, 4.69) is 24.5 Å². The molecular weight excluding hydrogens is 200 g/mol. The van der Waals surface area contributed by atoms with Gasteiger partial charge in [-0.1, -0.05) is 13.8 Å². The molecule has 1 fully saturated rings. The fraction of sp³-hybridized carbons (Fsp3) is 0.900. The molecule has 1 atom stereocenters. The molecule has 2 amide bonds. The van der Waals surface area contributed by atoms with Crippen molar-refractivity contribution in [1.82, 2.24) is 10.6 Å². The summed E-state index contributed by atoms with van der Waals surface area (Å²) >= 11 is 5.43. The van der Waals surface area contributed by atoms with Gasteiger partial charge in [-0.05, 0) is 24.2 Å². The third kappa shape index (κ3) is 3.74. The number of carbonyl (C=O) groups is 1. The lowest BCUT2D eigenvalue weighted by molar-refractivity contribution is 0.241. The normalized spacial score (nSPS) is 22.9. The van der Waals surface area contributed by atoms with Crippen LogP contribution in [0, 0.1) is 11.3 Å². The third-order valence-electron chi connectivity index (χ3n) is 2.88. The predicted octanol–water partition coefficient (Wildman–Crippen LogP) is 1.96. The first-order valence-electron chi connectivity index (χ1n) is 5.14. The Balaban J connectivity index is 1.96. The number of nitrogens with one attached hydrogen (secondary N) is 2. The van der Waals surface area contributed by atoms with Crippen molar-refractivity contribution >= 4 is 17.6 Å². The van der Waals surface area contributed by atoms with E-state index in [1.807, 2.05) is 0 Å². The molecule has 0 radical (unpaired) electrons. The van der Waals surface area contributed by atoms with Gasteiger partial charge in [-0.3, -0.25) is 0 Å². The molecule has 1 aliphatic carbocycles. The van der Waals surface area contributed by atoms with E-state index in [1.165, 1.54) is 6.42 Å². The van der Waals surface area contributed by atoms with Crippen molar-refractivity contribution in [3.63, 3.8) is 0 Å². The van der Waals surface area contributed by atoms with Crippen LogP contribution in [0.15, 0.2) is 0 Å². The van der Waals surface area contributed by atoms with Crippen LogP contribution in [-0.2, 0) is 0 Å². The summed E-state index contributed by atoms with van der Waals surface area (Å²) in [6.45, 7) is 5.83. The van der Waals surface area contributed by atoms with Gasteiger partial charge >= 0.3 is 6.03 Å². The molecule has 0 bridgehead atoms. The number of urea groups is 1. The van der Waals surface area contributed by atoms with Crippen LogP contribution in [0.4, 0.5) is 4.79 Å². The van der Waals surface area contributed by atoms with E-state index in [9.17, 15) is 4.79 Å². The maximum atomic E-state index is 11.1. The van der Waals surface area contributed by atoms with E-state index in [4.69, 9.17) is 11.6 Å². The summed E-state index contributed by atoms with van der Waals surface area (Å²) in [4.78, 5) is 11.1. The Bertz CT molecular complexity index is 206. The molecule has 1 aliphatic rings. The number of rotatable bonds is 5. The summed E-state index contributed by atoms with van der Waals surface area (Å²) in [6.07, 6.45) is 2.37. The molecule has 1 saturated carbocycles. The van der Waals surface area contributed by atoms with Crippen molar-refractivity contribution in [2.75, 3.05) is 19.0 Å². The van der Waals surface area contributed by atoms with E-state index < -0.39 is 0 Å². The average molecular weight is 219 g/mol. The second-order valence-electron chi connectivity index (χ2n) is 4.55. The van der Waals surface area contributed by atoms with Gasteiger partial charge in [0.05, 0.1) is 0 Å². The lowest BCUT2D eigenvalue weighted by Gasteiger charge is -2.06. The van der Waals surface area contributed by atoms with Gasteiger partial charge in [0, 0.05) is 19.0 Å². The van der Waals surface area contributed by atoms with Gasteiger partial charge < -0.3 is 10.6 Å². The minimum atomic E-state index is -0.107. The Hall–Kier alpha value is -0.440. The second-order valence-corrected chi connectivity index (χ2v) is 4.93.